The van der Waals surface area contributed by atoms with E-state index in [1.807, 2.05) is 30.5 Å². The first-order chi connectivity index (χ1) is 15.1. The van der Waals surface area contributed by atoms with E-state index in [0.29, 0.717) is 29.4 Å². The number of ether oxygens (including phenoxy) is 3. The summed E-state index contributed by atoms with van der Waals surface area (Å²) < 4.78 is 47.2. The largest absolute Gasteiger partial charge is 0.493 e. The van der Waals surface area contributed by atoms with E-state index in [-0.39, 0.29) is 6.04 Å². The van der Waals surface area contributed by atoms with Crippen molar-refractivity contribution >= 4 is 0 Å². The first-order valence-corrected chi connectivity index (χ1v) is 10.2. The van der Waals surface area contributed by atoms with Crippen molar-refractivity contribution in [3.63, 3.8) is 0 Å². The fourth-order valence-corrected chi connectivity index (χ4v) is 4.40. The molecule has 1 unspecified atom stereocenters. The van der Waals surface area contributed by atoms with Crippen LogP contribution in [0.5, 0.6) is 17.2 Å². The van der Waals surface area contributed by atoms with E-state index in [4.69, 9.17) is 14.2 Å². The van der Waals surface area contributed by atoms with Crippen LogP contribution in [0.15, 0.2) is 48.7 Å². The molecule has 164 valence electrons. The van der Waals surface area contributed by atoms with Crippen LogP contribution >= 0.6 is 0 Å². The molecule has 2 heterocycles. The molecule has 0 bridgehead atoms. The molecule has 1 aromatic heterocycles. The zero-order valence-corrected chi connectivity index (χ0v) is 17.9. The highest BCUT2D eigenvalue weighted by atomic mass is 19.1. The van der Waals surface area contributed by atoms with Gasteiger partial charge in [-0.1, -0.05) is 12.1 Å². The number of aryl methyl sites for hydroxylation is 1. The maximum absolute atomic E-state index is 14.9. The molecule has 1 atom stereocenters. The molecule has 0 aliphatic carbocycles. The van der Waals surface area contributed by atoms with Gasteiger partial charge < -0.3 is 18.8 Å². The third kappa shape index (κ3) is 3.97. The normalized spacial score (nSPS) is 16.5. The van der Waals surface area contributed by atoms with Crippen molar-refractivity contribution in [2.45, 2.75) is 25.6 Å². The second-order valence-corrected chi connectivity index (χ2v) is 7.51. The van der Waals surface area contributed by atoms with Gasteiger partial charge in [0.15, 0.2) is 11.5 Å². The second kappa shape index (κ2) is 8.98. The smallest absolute Gasteiger partial charge is 0.203 e. The summed E-state index contributed by atoms with van der Waals surface area (Å²) in [6.45, 7) is 2.07. The van der Waals surface area contributed by atoms with Crippen LogP contribution in [0.1, 0.15) is 29.3 Å². The van der Waals surface area contributed by atoms with E-state index >= 15 is 0 Å². The molecular formula is C24H26F2N2O3. The molecule has 0 saturated carbocycles. The Morgan fingerprint density at radius 2 is 1.74 bits per heavy atom. The molecule has 0 amide bonds. The van der Waals surface area contributed by atoms with Crippen molar-refractivity contribution < 1.29 is 23.0 Å². The molecule has 0 fully saturated rings. The molecule has 2 aromatic carbocycles. The molecule has 3 aromatic rings. The number of hydrogen-bond donors (Lipinski definition) is 0. The van der Waals surface area contributed by atoms with Gasteiger partial charge in [-0.3, -0.25) is 4.90 Å². The highest BCUT2D eigenvalue weighted by molar-refractivity contribution is 5.55. The minimum absolute atomic E-state index is 0.365. The first-order valence-electron chi connectivity index (χ1n) is 10.2. The molecule has 0 N–H and O–H groups in total. The monoisotopic (exact) mass is 428 g/mol. The van der Waals surface area contributed by atoms with Gasteiger partial charge in [-0.05, 0) is 30.7 Å². The van der Waals surface area contributed by atoms with E-state index in [2.05, 4.69) is 9.47 Å². The number of hydrogen-bond acceptors (Lipinski definition) is 4. The quantitative estimate of drug-likeness (QED) is 0.566. The summed E-state index contributed by atoms with van der Waals surface area (Å²) >= 11 is 0. The van der Waals surface area contributed by atoms with Crippen LogP contribution in [0, 0.1) is 11.6 Å². The lowest BCUT2D eigenvalue weighted by Crippen LogP contribution is -2.30. The predicted molar refractivity (Wildman–Crippen MR) is 114 cm³/mol. The lowest BCUT2D eigenvalue weighted by Gasteiger charge is -2.31. The summed E-state index contributed by atoms with van der Waals surface area (Å²) in [6.07, 6.45) is 2.90. The maximum Gasteiger partial charge on any atom is 0.203 e. The summed E-state index contributed by atoms with van der Waals surface area (Å²) in [5.41, 5.74) is 2.32. The van der Waals surface area contributed by atoms with Crippen molar-refractivity contribution in [3.8, 4) is 17.2 Å². The Bertz CT molecular complexity index is 1070. The van der Waals surface area contributed by atoms with Crippen molar-refractivity contribution in [2.75, 3.05) is 27.9 Å². The lowest BCUT2D eigenvalue weighted by atomic mass is 10.00. The highest BCUT2D eigenvalue weighted by Gasteiger charge is 2.31. The molecule has 5 nitrogen and oxygen atoms in total. The number of methoxy groups -OCH3 is 3. The van der Waals surface area contributed by atoms with Crippen molar-refractivity contribution in [1.29, 1.82) is 0 Å². The fraction of sp³-hybridized carbons (Fsp3) is 0.333. The first kappa shape index (κ1) is 21.2. The molecule has 7 heteroatoms. The minimum Gasteiger partial charge on any atom is -0.493 e. The van der Waals surface area contributed by atoms with Gasteiger partial charge in [-0.2, -0.15) is 0 Å². The lowest BCUT2D eigenvalue weighted by molar-refractivity contribution is 0.212. The van der Waals surface area contributed by atoms with Crippen LogP contribution < -0.4 is 14.2 Å². The standard InChI is InChI=1S/C24H26F2N2O3/c1-29-21-10-7-16(23(30-2)24(21)31-3)15-28-13-5-12-27-11-4-6-20(27)22(28)18-9-8-17(25)14-19(18)26/h4,6-11,14,22H,5,12-13,15H2,1-3H3. The van der Waals surface area contributed by atoms with E-state index < -0.39 is 11.6 Å². The predicted octanol–water partition coefficient (Wildman–Crippen LogP) is 4.79. The van der Waals surface area contributed by atoms with Gasteiger partial charge in [0.2, 0.25) is 5.75 Å². The van der Waals surface area contributed by atoms with Gasteiger partial charge in [0.25, 0.3) is 0 Å². The van der Waals surface area contributed by atoms with E-state index in [1.165, 1.54) is 12.1 Å². The summed E-state index contributed by atoms with van der Waals surface area (Å²) in [7, 11) is 4.73. The Morgan fingerprint density at radius 3 is 2.45 bits per heavy atom. The topological polar surface area (TPSA) is 35.9 Å². The second-order valence-electron chi connectivity index (χ2n) is 7.51. The number of halogens is 2. The Kier molecular flexibility index (Phi) is 6.13. The fourth-order valence-electron chi connectivity index (χ4n) is 4.40. The highest BCUT2D eigenvalue weighted by Crippen LogP contribution is 2.42. The summed E-state index contributed by atoms with van der Waals surface area (Å²) in [4.78, 5) is 2.19. The number of aromatic nitrogens is 1. The summed E-state index contributed by atoms with van der Waals surface area (Å²) in [5, 5.41) is 0. The van der Waals surface area contributed by atoms with E-state index in [1.54, 1.807) is 21.3 Å². The van der Waals surface area contributed by atoms with Crippen LogP contribution in [0.3, 0.4) is 0 Å². The van der Waals surface area contributed by atoms with Crippen LogP contribution in [0.25, 0.3) is 0 Å². The number of nitrogens with zero attached hydrogens (tertiary/aromatic N) is 2. The van der Waals surface area contributed by atoms with Gasteiger partial charge in [0, 0.05) is 48.7 Å². The maximum atomic E-state index is 14.9. The molecule has 1 aliphatic rings. The van der Waals surface area contributed by atoms with Crippen molar-refractivity contribution in [2.24, 2.45) is 0 Å². The zero-order chi connectivity index (χ0) is 22.0. The number of rotatable bonds is 6. The van der Waals surface area contributed by atoms with E-state index in [9.17, 15) is 8.78 Å². The molecule has 4 rings (SSSR count). The van der Waals surface area contributed by atoms with E-state index in [0.717, 1.165) is 36.8 Å². The zero-order valence-electron chi connectivity index (χ0n) is 17.9. The minimum atomic E-state index is -0.585. The van der Waals surface area contributed by atoms with Crippen LogP contribution in [0.2, 0.25) is 0 Å². The third-order valence-electron chi connectivity index (χ3n) is 5.77. The van der Waals surface area contributed by atoms with Gasteiger partial charge in [-0.25, -0.2) is 8.78 Å². The van der Waals surface area contributed by atoms with Gasteiger partial charge in [0.05, 0.1) is 27.4 Å². The summed E-state index contributed by atoms with van der Waals surface area (Å²) in [6, 6.07) is 11.2. The van der Waals surface area contributed by atoms with Gasteiger partial charge in [-0.15, -0.1) is 0 Å². The van der Waals surface area contributed by atoms with Crippen molar-refractivity contribution in [3.05, 3.63) is 77.1 Å². The number of benzene rings is 2. The van der Waals surface area contributed by atoms with Gasteiger partial charge >= 0.3 is 0 Å². The Hall–Kier alpha value is -3.06. The van der Waals surface area contributed by atoms with Crippen LogP contribution in [-0.2, 0) is 13.1 Å². The molecule has 0 radical (unpaired) electrons. The average Bonchev–Trinajstić information content (AvgIpc) is 3.16. The Balaban J connectivity index is 1.79. The number of fused-ring (bicyclic) bond motifs is 1. The SMILES string of the molecule is COc1ccc(CN2CCCn3cccc3C2c2ccc(F)cc2F)c(OC)c1OC. The molecule has 0 spiro atoms. The molecular weight excluding hydrogens is 402 g/mol. The molecule has 31 heavy (non-hydrogen) atoms. The van der Waals surface area contributed by atoms with Crippen molar-refractivity contribution in [1.82, 2.24) is 9.47 Å². The molecule has 0 saturated heterocycles. The Labute approximate surface area is 180 Å². The molecule has 1 aliphatic heterocycles. The van der Waals surface area contributed by atoms with Crippen LogP contribution in [-0.4, -0.2) is 37.3 Å². The Morgan fingerprint density at radius 1 is 0.935 bits per heavy atom. The average molecular weight is 428 g/mol. The summed E-state index contributed by atoms with van der Waals surface area (Å²) in [5.74, 6) is 0.543. The van der Waals surface area contributed by atoms with Gasteiger partial charge in [0.1, 0.15) is 11.6 Å². The third-order valence-corrected chi connectivity index (χ3v) is 5.77. The van der Waals surface area contributed by atoms with Crippen LogP contribution in [0.4, 0.5) is 8.78 Å².